The van der Waals surface area contributed by atoms with E-state index in [1.54, 1.807) is 78.2 Å². The number of sulfonamides is 2. The zero-order chi connectivity index (χ0) is 58.8. The van der Waals surface area contributed by atoms with Crippen molar-refractivity contribution in [2.75, 3.05) is 46.6 Å². The van der Waals surface area contributed by atoms with Crippen molar-refractivity contribution < 1.29 is 36.0 Å². The van der Waals surface area contributed by atoms with E-state index in [0.717, 1.165) is 65.0 Å². The number of hydrogen-bond acceptors (Lipinski definition) is 15. The molecule has 2 aliphatic heterocycles. The Morgan fingerprint density at radius 2 is 0.988 bits per heavy atom. The Morgan fingerprint density at radius 1 is 0.593 bits per heavy atom. The molecule has 6 aromatic rings. The molecule has 5 amide bonds. The number of thiazole rings is 2. The monoisotopic (exact) mass is 1180 g/mol. The molecule has 0 saturated carbocycles. The maximum Gasteiger partial charge on any atom is 0.407 e. The lowest BCUT2D eigenvalue weighted by atomic mass is 10.1. The van der Waals surface area contributed by atoms with Crippen LogP contribution in [0.3, 0.4) is 0 Å². The standard InChI is InChI=1S/C31H42N6O5S2.C26H34N6O3S2/c1-30(2,3)36-44(40,41)26-18-23(34-27(38)32-19-21-10-8-7-9-11-21)12-13-24(26)25-20-33-28(43-25)37-16-14-22(15-17-37)35-29(39)42-31(4,5)6;1-26(2,3)31-37(34,35)23-15-20(30-24(33)28-16-18-7-5-4-6-8-18)9-10-21(23)22-17-29-25(36-22)32-13-11-19(27)12-14-32/h7-13,18,20,22,36H,14-17,19H2,1-6H3,(H,35,39)(H2,32,34,38);4-10,15,17,19,31H,11-14,16,27H2,1-3H3,(H2,28,30,33). The minimum absolute atomic E-state index is 0.00527. The Hall–Kier alpha value is -6.67. The van der Waals surface area contributed by atoms with Gasteiger partial charge in [-0.1, -0.05) is 95.5 Å². The number of anilines is 4. The third kappa shape index (κ3) is 18.9. The van der Waals surface area contributed by atoms with E-state index in [1.165, 1.54) is 34.8 Å². The number of nitrogens with zero attached hydrogens (tertiary/aromatic N) is 4. The van der Waals surface area contributed by atoms with Crippen molar-refractivity contribution in [2.45, 2.75) is 140 Å². The van der Waals surface area contributed by atoms with Gasteiger partial charge in [0, 0.05) is 97.3 Å². The SMILES string of the molecule is CC(C)(C)NS(=O)(=O)c1cc(NC(=O)NCc2ccccc2)ccc1-c1cnc(N2CCC(N)CC2)s1.CC(C)(C)NS(=O)(=O)c1cc(NC(=O)NCc2ccccc2)ccc1-c1cnc(N2CCC(NC(=O)OC(C)(C)C)CC2)s1. The molecule has 2 fully saturated rings. The van der Waals surface area contributed by atoms with Gasteiger partial charge in [-0.05, 0) is 123 Å². The van der Waals surface area contributed by atoms with Crippen LogP contribution in [0, 0.1) is 0 Å². The van der Waals surface area contributed by atoms with E-state index in [9.17, 15) is 31.2 Å². The molecule has 0 radical (unpaired) electrons. The molecule has 20 nitrogen and oxygen atoms in total. The van der Waals surface area contributed by atoms with Crippen LogP contribution in [-0.2, 0) is 37.9 Å². The van der Waals surface area contributed by atoms with Crippen LogP contribution < -0.4 is 51.6 Å². The van der Waals surface area contributed by atoms with Gasteiger partial charge in [0.2, 0.25) is 20.0 Å². The summed E-state index contributed by atoms with van der Waals surface area (Å²) in [4.78, 5) is 52.4. The summed E-state index contributed by atoms with van der Waals surface area (Å²) in [6, 6.07) is 28.1. The number of carbonyl (C=O) groups is 3. The summed E-state index contributed by atoms with van der Waals surface area (Å²) in [5, 5.41) is 15.6. The number of amides is 5. The molecule has 0 atom stereocenters. The Labute approximate surface area is 484 Å². The number of urea groups is 2. The Bertz CT molecular complexity index is 3320. The minimum Gasteiger partial charge on any atom is -0.444 e. The van der Waals surface area contributed by atoms with Crippen LogP contribution in [-0.4, -0.2) is 99.9 Å². The molecule has 4 aromatic carbocycles. The van der Waals surface area contributed by atoms with Gasteiger partial charge >= 0.3 is 18.2 Å². The van der Waals surface area contributed by atoms with E-state index in [-0.39, 0.29) is 21.9 Å². The molecule has 24 heteroatoms. The van der Waals surface area contributed by atoms with Crippen molar-refractivity contribution >= 4 is 82.5 Å². The third-order valence-corrected chi connectivity index (χ3v) is 18.1. The molecule has 9 N–H and O–H groups in total. The van der Waals surface area contributed by atoms with Crippen LogP contribution in [0.1, 0.15) is 99.1 Å². The van der Waals surface area contributed by atoms with E-state index in [1.807, 2.05) is 81.4 Å². The van der Waals surface area contributed by atoms with Crippen LogP contribution in [0.15, 0.2) is 119 Å². The van der Waals surface area contributed by atoms with E-state index >= 15 is 0 Å². The van der Waals surface area contributed by atoms with Gasteiger partial charge in [-0.3, -0.25) is 0 Å². The highest BCUT2D eigenvalue weighted by Crippen LogP contribution is 2.39. The zero-order valence-electron chi connectivity index (χ0n) is 47.4. The van der Waals surface area contributed by atoms with Gasteiger partial charge in [-0.2, -0.15) is 0 Å². The number of alkyl carbamates (subject to hydrolysis) is 1. The molecular formula is C57H76N12O8S4. The summed E-state index contributed by atoms with van der Waals surface area (Å²) >= 11 is 2.85. The van der Waals surface area contributed by atoms with Gasteiger partial charge in [0.05, 0.1) is 19.5 Å². The molecule has 436 valence electrons. The van der Waals surface area contributed by atoms with Gasteiger partial charge in [-0.25, -0.2) is 50.6 Å². The minimum atomic E-state index is -3.97. The lowest BCUT2D eigenvalue weighted by Gasteiger charge is -2.32. The van der Waals surface area contributed by atoms with E-state index in [0.29, 0.717) is 53.6 Å². The molecule has 81 heavy (non-hydrogen) atoms. The molecule has 4 heterocycles. The average Bonchev–Trinajstić information content (AvgIpc) is 4.11. The van der Waals surface area contributed by atoms with Crippen molar-refractivity contribution in [3.8, 4) is 20.9 Å². The molecule has 0 aliphatic carbocycles. The van der Waals surface area contributed by atoms with Crippen molar-refractivity contribution in [3.63, 3.8) is 0 Å². The normalized spacial score (nSPS) is 14.8. The van der Waals surface area contributed by atoms with Crippen molar-refractivity contribution in [2.24, 2.45) is 5.73 Å². The number of benzene rings is 4. The summed E-state index contributed by atoms with van der Waals surface area (Å²) in [5.41, 5.74) is 7.72. The molecular weight excluding hydrogens is 1110 g/mol. The van der Waals surface area contributed by atoms with Crippen molar-refractivity contribution in [3.05, 3.63) is 121 Å². The van der Waals surface area contributed by atoms with Crippen LogP contribution in [0.2, 0.25) is 0 Å². The van der Waals surface area contributed by atoms with E-state index in [4.69, 9.17) is 10.5 Å². The summed E-state index contributed by atoms with van der Waals surface area (Å²) in [7, 11) is -7.87. The topological polar surface area (TPSA) is 271 Å². The van der Waals surface area contributed by atoms with Gasteiger partial charge in [0.15, 0.2) is 10.3 Å². The van der Waals surface area contributed by atoms with Crippen LogP contribution in [0.25, 0.3) is 20.9 Å². The van der Waals surface area contributed by atoms with E-state index < -0.39 is 54.9 Å². The van der Waals surface area contributed by atoms with Crippen molar-refractivity contribution in [1.29, 1.82) is 0 Å². The first kappa shape index (κ1) is 61.9. The van der Waals surface area contributed by atoms with E-state index in [2.05, 4.69) is 55.8 Å². The number of hydrogen-bond donors (Lipinski definition) is 8. The predicted molar refractivity (Wildman–Crippen MR) is 324 cm³/mol. The number of rotatable bonds is 15. The largest absolute Gasteiger partial charge is 0.444 e. The summed E-state index contributed by atoms with van der Waals surface area (Å²) in [6.45, 7) is 19.9. The number of aromatic nitrogens is 2. The molecule has 2 saturated heterocycles. The molecule has 0 spiro atoms. The fourth-order valence-electron chi connectivity index (χ4n) is 8.73. The molecule has 2 aromatic heterocycles. The number of nitrogens with one attached hydrogen (secondary N) is 7. The number of nitrogens with two attached hydrogens (primary N) is 1. The molecule has 0 unspecified atom stereocenters. The smallest absolute Gasteiger partial charge is 0.407 e. The first-order chi connectivity index (χ1) is 38.1. The number of ether oxygens (including phenoxy) is 1. The van der Waals surface area contributed by atoms with Crippen LogP contribution in [0.5, 0.6) is 0 Å². The lowest BCUT2D eigenvalue weighted by Crippen LogP contribution is -2.46. The fourth-order valence-corrected chi connectivity index (χ4v) is 14.2. The summed E-state index contributed by atoms with van der Waals surface area (Å²) in [6.07, 6.45) is 6.23. The average molecular weight is 1190 g/mol. The Morgan fingerprint density at radius 3 is 1.37 bits per heavy atom. The van der Waals surface area contributed by atoms with Crippen LogP contribution in [0.4, 0.5) is 36.0 Å². The molecule has 0 bridgehead atoms. The summed E-state index contributed by atoms with van der Waals surface area (Å²) in [5.74, 6) is 0. The zero-order valence-corrected chi connectivity index (χ0v) is 50.6. The lowest BCUT2D eigenvalue weighted by molar-refractivity contribution is 0.0497. The fraction of sp³-hybridized carbons (Fsp3) is 0.421. The second-order valence-electron chi connectivity index (χ2n) is 23.0. The van der Waals surface area contributed by atoms with Crippen LogP contribution >= 0.6 is 22.7 Å². The molecule has 2 aliphatic rings. The first-order valence-electron chi connectivity index (χ1n) is 26.8. The maximum atomic E-state index is 13.6. The van der Waals surface area contributed by atoms with Gasteiger partial charge in [0.25, 0.3) is 0 Å². The highest BCUT2D eigenvalue weighted by molar-refractivity contribution is 7.90. The maximum absolute atomic E-state index is 13.6. The highest BCUT2D eigenvalue weighted by Gasteiger charge is 2.31. The second kappa shape index (κ2) is 26.5. The number of carbonyl (C=O) groups excluding carboxylic acids is 3. The Kier molecular flexibility index (Phi) is 20.3. The van der Waals surface area contributed by atoms with Gasteiger partial charge < -0.3 is 46.9 Å². The third-order valence-electron chi connectivity index (χ3n) is 12.3. The number of piperidine rings is 2. The summed E-state index contributed by atoms with van der Waals surface area (Å²) < 4.78 is 64.9. The van der Waals surface area contributed by atoms with Gasteiger partial charge in [-0.15, -0.1) is 0 Å². The second-order valence-corrected chi connectivity index (χ2v) is 28.3. The quantitative estimate of drug-likeness (QED) is 0.0476. The van der Waals surface area contributed by atoms with Gasteiger partial charge in [0.1, 0.15) is 5.60 Å². The first-order valence-corrected chi connectivity index (χ1v) is 31.4. The molecule has 8 rings (SSSR count). The Balaban J connectivity index is 0.000000237. The van der Waals surface area contributed by atoms with Crippen molar-refractivity contribution in [1.82, 2.24) is 35.4 Å². The predicted octanol–water partition coefficient (Wildman–Crippen LogP) is 9.84. The highest BCUT2D eigenvalue weighted by atomic mass is 32.2.